The number of Topliss-reactive ketones (excluding diaryl/α,β-unsaturated/α-hetero) is 2. The normalized spacial score (nSPS) is 14.1. The van der Waals surface area contributed by atoms with Crippen LogP contribution in [-0.2, 0) is 9.59 Å². The van der Waals surface area contributed by atoms with Crippen LogP contribution in [0.1, 0.15) is 81.6 Å². The third-order valence-corrected chi connectivity index (χ3v) is 8.41. The van der Waals surface area contributed by atoms with Gasteiger partial charge in [-0.05, 0) is 88.8 Å². The summed E-state index contributed by atoms with van der Waals surface area (Å²) in [4.78, 5) is 35.9. The first-order valence-corrected chi connectivity index (χ1v) is 16.0. The summed E-state index contributed by atoms with van der Waals surface area (Å²) in [5.41, 5.74) is 8.51. The van der Waals surface area contributed by atoms with Gasteiger partial charge in [-0.15, -0.1) is 0 Å². The Bertz CT molecular complexity index is 1760. The summed E-state index contributed by atoms with van der Waals surface area (Å²) in [6.07, 6.45) is 2.86. The molecule has 6 nitrogen and oxygen atoms in total. The first kappa shape index (κ1) is 35.5. The van der Waals surface area contributed by atoms with Crippen molar-refractivity contribution in [1.29, 1.82) is 0 Å². The minimum atomic E-state index is -0.662. The number of aliphatic hydroxyl groups excluding tert-OH is 2. The summed E-state index contributed by atoms with van der Waals surface area (Å²) >= 11 is 0. The van der Waals surface area contributed by atoms with E-state index in [-0.39, 0.29) is 34.2 Å². The van der Waals surface area contributed by atoms with Crippen molar-refractivity contribution in [1.82, 2.24) is 0 Å². The zero-order chi connectivity index (χ0) is 35.1. The molecule has 0 saturated carbocycles. The number of carbonyl (C=O) groups excluding carboxylic acids is 2. The Morgan fingerprint density at radius 1 is 0.542 bits per heavy atom. The molecule has 0 aromatic heterocycles. The third kappa shape index (κ3) is 8.13. The van der Waals surface area contributed by atoms with Gasteiger partial charge >= 0.3 is 0 Å². The first-order valence-electron chi connectivity index (χ1n) is 16.0. The molecule has 0 heterocycles. The van der Waals surface area contributed by atoms with Gasteiger partial charge in [-0.1, -0.05) is 96.1 Å². The Labute approximate surface area is 283 Å². The quantitative estimate of drug-likeness (QED) is 0.0969. The molecule has 0 radical (unpaired) electrons. The molecule has 4 rings (SSSR count). The molecular weight excluding hydrogens is 596 g/mol. The number of aliphatic imine (C=N–C) groups is 2. The summed E-state index contributed by atoms with van der Waals surface area (Å²) < 4.78 is 0. The van der Waals surface area contributed by atoms with Crippen LogP contribution in [0, 0.1) is 41.5 Å². The van der Waals surface area contributed by atoms with Crippen molar-refractivity contribution in [3.05, 3.63) is 152 Å². The highest BCUT2D eigenvalue weighted by Gasteiger charge is 2.25. The van der Waals surface area contributed by atoms with Crippen molar-refractivity contribution in [2.45, 2.75) is 67.5 Å². The van der Waals surface area contributed by atoms with Gasteiger partial charge in [0.1, 0.15) is 23.6 Å². The van der Waals surface area contributed by atoms with Crippen LogP contribution in [-0.4, -0.2) is 34.2 Å². The second kappa shape index (κ2) is 15.5. The number of allylic oxidation sites excluding steroid dienone is 2. The molecular formula is C42H44N2O4. The summed E-state index contributed by atoms with van der Waals surface area (Å²) in [5.74, 6) is -0.942. The number of rotatable bonds is 11. The standard InChI is InChI=1S/C42H44N2O4/c1-25-19-27(3)37(28(4)20-25)41(47)35(31(7)45)23-43-39(33-15-11-9-12-16-33)40(34-17-13-10-14-18-34)44-24-36(32(8)46)42(48)38-29(5)21-26(2)22-30(38)6/h9-24,39-40,47-48H,1-8H3/b41-35-,42-36-,43-23?,44-24?/t39-,40-/m1/s1. The molecule has 2 N–H and O–H groups in total. The highest BCUT2D eigenvalue weighted by molar-refractivity contribution is 6.18. The van der Waals surface area contributed by atoms with Gasteiger partial charge in [0.25, 0.3) is 0 Å². The molecule has 0 aliphatic heterocycles. The van der Waals surface area contributed by atoms with Crippen molar-refractivity contribution in [3.63, 3.8) is 0 Å². The fourth-order valence-corrected chi connectivity index (χ4v) is 6.32. The number of hydrogen-bond donors (Lipinski definition) is 2. The fourth-order valence-electron chi connectivity index (χ4n) is 6.32. The number of aryl methyl sites for hydroxylation is 6. The average Bonchev–Trinajstić information content (AvgIpc) is 3.01. The summed E-state index contributed by atoms with van der Waals surface area (Å²) in [7, 11) is 0. The highest BCUT2D eigenvalue weighted by atomic mass is 16.3. The Kier molecular flexibility index (Phi) is 11.5. The van der Waals surface area contributed by atoms with Crippen LogP contribution in [0.5, 0.6) is 0 Å². The lowest BCUT2D eigenvalue weighted by Crippen LogP contribution is -2.12. The molecule has 0 aliphatic carbocycles. The van der Waals surface area contributed by atoms with Gasteiger partial charge in [0.2, 0.25) is 0 Å². The van der Waals surface area contributed by atoms with Crippen LogP contribution in [0.2, 0.25) is 0 Å². The number of ketones is 2. The predicted molar refractivity (Wildman–Crippen MR) is 197 cm³/mol. The predicted octanol–water partition coefficient (Wildman–Crippen LogP) is 9.58. The molecule has 48 heavy (non-hydrogen) atoms. The summed E-state index contributed by atoms with van der Waals surface area (Å²) in [6.45, 7) is 14.4. The third-order valence-electron chi connectivity index (χ3n) is 8.41. The van der Waals surface area contributed by atoms with E-state index in [1.807, 2.05) is 126 Å². The molecule has 0 saturated heterocycles. The van der Waals surface area contributed by atoms with Crippen LogP contribution in [0.4, 0.5) is 0 Å². The maximum Gasteiger partial charge on any atom is 0.165 e. The largest absolute Gasteiger partial charge is 0.506 e. The van der Waals surface area contributed by atoms with Crippen LogP contribution in [0.25, 0.3) is 11.5 Å². The van der Waals surface area contributed by atoms with E-state index < -0.39 is 12.1 Å². The first-order chi connectivity index (χ1) is 22.8. The van der Waals surface area contributed by atoms with E-state index in [9.17, 15) is 19.8 Å². The molecule has 4 aromatic rings. The lowest BCUT2D eigenvalue weighted by atomic mass is 9.93. The van der Waals surface area contributed by atoms with Crippen LogP contribution in [0.15, 0.2) is 106 Å². The molecule has 6 heteroatoms. The smallest absolute Gasteiger partial charge is 0.165 e. The van der Waals surface area contributed by atoms with Crippen LogP contribution in [0.3, 0.4) is 0 Å². The number of aliphatic hydroxyl groups is 2. The maximum absolute atomic E-state index is 13.0. The Morgan fingerprint density at radius 2 is 0.833 bits per heavy atom. The zero-order valence-corrected chi connectivity index (χ0v) is 29.0. The molecule has 0 aliphatic rings. The maximum atomic E-state index is 13.0. The second-order valence-electron chi connectivity index (χ2n) is 12.5. The Balaban J connectivity index is 1.93. The minimum absolute atomic E-state index is 0.0778. The van der Waals surface area contributed by atoms with E-state index in [2.05, 4.69) is 0 Å². The van der Waals surface area contributed by atoms with Gasteiger partial charge in [0.15, 0.2) is 11.6 Å². The number of hydrogen-bond acceptors (Lipinski definition) is 6. The molecule has 4 aromatic carbocycles. The van der Waals surface area contributed by atoms with Crippen molar-refractivity contribution in [2.75, 3.05) is 0 Å². The monoisotopic (exact) mass is 640 g/mol. The summed E-state index contributed by atoms with van der Waals surface area (Å²) in [5, 5.41) is 23.0. The average molecular weight is 641 g/mol. The van der Waals surface area contributed by atoms with Crippen molar-refractivity contribution in [3.8, 4) is 0 Å². The molecule has 0 spiro atoms. The number of carbonyl (C=O) groups is 2. The number of nitrogens with zero attached hydrogens (tertiary/aromatic N) is 2. The highest BCUT2D eigenvalue weighted by Crippen LogP contribution is 2.36. The topological polar surface area (TPSA) is 99.3 Å². The molecule has 0 unspecified atom stereocenters. The van der Waals surface area contributed by atoms with Crippen molar-refractivity contribution >= 4 is 35.5 Å². The Hall–Kier alpha value is -5.36. The SMILES string of the molecule is CC(=O)/C(C=N[C@H](c1ccccc1)[C@H](N=C/C(C(C)=O)=C(/O)c1c(C)cc(C)cc1C)c1ccccc1)=C(\O)c1c(C)cc(C)cc1C. The van der Waals surface area contributed by atoms with Gasteiger partial charge in [0, 0.05) is 23.6 Å². The zero-order valence-electron chi connectivity index (χ0n) is 29.0. The van der Waals surface area contributed by atoms with Crippen LogP contribution >= 0.6 is 0 Å². The van der Waals surface area contributed by atoms with Gasteiger partial charge in [-0.25, -0.2) is 0 Å². The second-order valence-corrected chi connectivity index (χ2v) is 12.5. The van der Waals surface area contributed by atoms with Gasteiger partial charge in [-0.2, -0.15) is 0 Å². The molecule has 246 valence electrons. The molecule has 0 fully saturated rings. The molecule has 0 bridgehead atoms. The lowest BCUT2D eigenvalue weighted by Gasteiger charge is -2.22. The summed E-state index contributed by atoms with van der Waals surface area (Å²) in [6, 6.07) is 25.7. The van der Waals surface area contributed by atoms with E-state index in [0.717, 1.165) is 44.5 Å². The van der Waals surface area contributed by atoms with E-state index in [1.165, 1.54) is 26.3 Å². The van der Waals surface area contributed by atoms with E-state index >= 15 is 0 Å². The van der Waals surface area contributed by atoms with Crippen molar-refractivity contribution < 1.29 is 19.8 Å². The molecule has 2 atom stereocenters. The van der Waals surface area contributed by atoms with Gasteiger partial charge in [-0.3, -0.25) is 19.6 Å². The minimum Gasteiger partial charge on any atom is -0.506 e. The fraction of sp³-hybridized carbons (Fsp3) is 0.238. The molecule has 0 amide bonds. The van der Waals surface area contributed by atoms with Gasteiger partial charge < -0.3 is 10.2 Å². The van der Waals surface area contributed by atoms with Crippen LogP contribution < -0.4 is 0 Å². The Morgan fingerprint density at radius 3 is 1.10 bits per heavy atom. The van der Waals surface area contributed by atoms with Gasteiger partial charge in [0.05, 0.1) is 11.1 Å². The lowest BCUT2D eigenvalue weighted by molar-refractivity contribution is -0.114. The number of benzene rings is 4. The van der Waals surface area contributed by atoms with Crippen molar-refractivity contribution in [2.24, 2.45) is 9.98 Å². The van der Waals surface area contributed by atoms with E-state index in [1.54, 1.807) is 0 Å². The van der Waals surface area contributed by atoms with E-state index in [0.29, 0.717) is 11.1 Å². The van der Waals surface area contributed by atoms with E-state index in [4.69, 9.17) is 9.98 Å².